The summed E-state index contributed by atoms with van der Waals surface area (Å²) in [6.07, 6.45) is 0. The van der Waals surface area contributed by atoms with E-state index < -0.39 is 0 Å². The van der Waals surface area contributed by atoms with Gasteiger partial charge in [-0.2, -0.15) is 0 Å². The van der Waals surface area contributed by atoms with E-state index in [9.17, 15) is 0 Å². The van der Waals surface area contributed by atoms with Crippen molar-refractivity contribution in [3.63, 3.8) is 0 Å². The van der Waals surface area contributed by atoms with Gasteiger partial charge in [-0.05, 0) is 45.8 Å². The molecule has 6 aromatic rings. The van der Waals surface area contributed by atoms with Gasteiger partial charge in [0, 0.05) is 21.5 Å². The van der Waals surface area contributed by atoms with Crippen molar-refractivity contribution in [3.05, 3.63) is 121 Å². The van der Waals surface area contributed by atoms with Crippen LogP contribution in [0.2, 0.25) is 0 Å². The number of thiophene rings is 1. The Hall–Kier alpha value is -4.08. The molecule has 3 heteroatoms. The maximum absolute atomic E-state index is 2.54. The molecular weight excluding hydrogens is 441 g/mol. The zero-order valence-electron chi connectivity index (χ0n) is 19.0. The first kappa shape index (κ1) is 19.3. The Kier molecular flexibility index (Phi) is 3.97. The van der Waals surface area contributed by atoms with E-state index >= 15 is 0 Å². The van der Waals surface area contributed by atoms with Gasteiger partial charge in [0.05, 0.1) is 10.6 Å². The Labute approximate surface area is 209 Å². The van der Waals surface area contributed by atoms with Gasteiger partial charge in [0.1, 0.15) is 0 Å². The van der Waals surface area contributed by atoms with Gasteiger partial charge < -0.3 is 4.90 Å². The first-order chi connectivity index (χ1) is 17.4. The predicted octanol–water partition coefficient (Wildman–Crippen LogP) is 6.85. The van der Waals surface area contributed by atoms with Crippen LogP contribution in [0.5, 0.6) is 0 Å². The predicted molar refractivity (Wildman–Crippen MR) is 152 cm³/mol. The fourth-order valence-corrected chi connectivity index (χ4v) is 7.30. The maximum Gasteiger partial charge on any atom is 0.248 e. The van der Waals surface area contributed by atoms with Gasteiger partial charge in [0.15, 0.2) is 0 Å². The quantitative estimate of drug-likeness (QED) is 0.255. The summed E-state index contributed by atoms with van der Waals surface area (Å²) in [6.45, 7) is 0.273. The van der Waals surface area contributed by atoms with Crippen LogP contribution in [0.1, 0.15) is 0 Å². The number of nitrogens with zero attached hydrogens (tertiary/aromatic N) is 1. The minimum atomic E-state index is 0.273. The topological polar surface area (TPSA) is 3.24 Å². The molecule has 5 aromatic carbocycles. The normalized spacial score (nSPS) is 13.0. The number of rotatable bonds is 2. The number of hydrogen-bond acceptors (Lipinski definition) is 2. The molecule has 0 saturated carbocycles. The molecule has 2 aliphatic heterocycles. The highest BCUT2D eigenvalue weighted by Crippen LogP contribution is 2.50. The lowest BCUT2D eigenvalue weighted by molar-refractivity contribution is 1.32. The van der Waals surface area contributed by atoms with Gasteiger partial charge in [-0.1, -0.05) is 109 Å². The zero-order valence-corrected chi connectivity index (χ0v) is 19.8. The third-order valence-electron chi connectivity index (χ3n) is 7.49. The Bertz CT molecular complexity index is 1770. The van der Waals surface area contributed by atoms with E-state index in [1.165, 1.54) is 65.1 Å². The summed E-state index contributed by atoms with van der Waals surface area (Å²) in [5.74, 6) is 0. The summed E-state index contributed by atoms with van der Waals surface area (Å²) >= 11 is 1.89. The van der Waals surface area contributed by atoms with Gasteiger partial charge in [-0.3, -0.25) is 0 Å². The zero-order chi connectivity index (χ0) is 22.9. The molecule has 0 radical (unpaired) electrons. The van der Waals surface area contributed by atoms with Gasteiger partial charge >= 0.3 is 0 Å². The minimum absolute atomic E-state index is 0.273. The lowest BCUT2D eigenvalue weighted by Gasteiger charge is -2.36. The molecule has 0 spiro atoms. The Morgan fingerprint density at radius 1 is 0.543 bits per heavy atom. The monoisotopic (exact) mass is 461 g/mol. The van der Waals surface area contributed by atoms with Gasteiger partial charge in [-0.15, -0.1) is 11.3 Å². The van der Waals surface area contributed by atoms with E-state index in [4.69, 9.17) is 0 Å². The summed E-state index contributed by atoms with van der Waals surface area (Å²) in [4.78, 5) is 3.85. The van der Waals surface area contributed by atoms with Crippen LogP contribution < -0.4 is 21.3 Å². The largest absolute Gasteiger partial charge is 0.309 e. The smallest absolute Gasteiger partial charge is 0.248 e. The van der Waals surface area contributed by atoms with E-state index in [1.54, 1.807) is 0 Å². The second-order valence-electron chi connectivity index (χ2n) is 9.29. The Morgan fingerprint density at radius 3 is 2.14 bits per heavy atom. The van der Waals surface area contributed by atoms with Crippen LogP contribution in [0, 0.1) is 0 Å². The summed E-state index contributed by atoms with van der Waals surface area (Å²) in [5, 5.41) is 1.30. The van der Waals surface area contributed by atoms with Crippen LogP contribution in [0.4, 0.5) is 17.1 Å². The lowest BCUT2D eigenvalue weighted by atomic mass is 9.37. The third-order valence-corrected chi connectivity index (χ3v) is 8.70. The van der Waals surface area contributed by atoms with Crippen LogP contribution in [-0.2, 0) is 0 Å². The average molecular weight is 461 g/mol. The summed E-state index contributed by atoms with van der Waals surface area (Å²) in [5.41, 5.74) is 12.1. The van der Waals surface area contributed by atoms with Crippen LogP contribution in [0.3, 0.4) is 0 Å². The molecule has 2 aliphatic rings. The molecule has 162 valence electrons. The van der Waals surface area contributed by atoms with Crippen LogP contribution >= 0.6 is 11.3 Å². The second kappa shape index (κ2) is 7.21. The van der Waals surface area contributed by atoms with E-state index in [0.29, 0.717) is 0 Å². The molecular formula is C32H20BNS. The van der Waals surface area contributed by atoms with Crippen molar-refractivity contribution in [2.24, 2.45) is 0 Å². The molecule has 0 amide bonds. The lowest BCUT2D eigenvalue weighted by Crippen LogP contribution is -2.54. The Balaban J connectivity index is 1.50. The minimum Gasteiger partial charge on any atom is -0.309 e. The van der Waals surface area contributed by atoms with Crippen molar-refractivity contribution in [3.8, 4) is 21.6 Å². The number of hydrogen-bond donors (Lipinski definition) is 0. The highest BCUT2D eigenvalue weighted by atomic mass is 32.1. The molecule has 1 aromatic heterocycles. The van der Waals surface area contributed by atoms with E-state index in [0.717, 1.165) is 0 Å². The van der Waals surface area contributed by atoms with Crippen LogP contribution in [0.25, 0.3) is 31.7 Å². The number of fused-ring (bicyclic) bond motifs is 6. The molecule has 0 aliphatic carbocycles. The molecule has 1 nitrogen and oxygen atoms in total. The van der Waals surface area contributed by atoms with Crippen LogP contribution in [0.15, 0.2) is 121 Å². The molecule has 0 unspecified atom stereocenters. The molecule has 35 heavy (non-hydrogen) atoms. The van der Waals surface area contributed by atoms with Crippen molar-refractivity contribution in [2.45, 2.75) is 0 Å². The van der Waals surface area contributed by atoms with Crippen molar-refractivity contribution >= 4 is 61.6 Å². The second-order valence-corrected chi connectivity index (χ2v) is 10.3. The highest BCUT2D eigenvalue weighted by molar-refractivity contribution is 7.23. The van der Waals surface area contributed by atoms with E-state index in [-0.39, 0.29) is 6.71 Å². The van der Waals surface area contributed by atoms with Crippen LogP contribution in [-0.4, -0.2) is 6.71 Å². The fourth-order valence-electron chi connectivity index (χ4n) is 6.10. The SMILES string of the molecule is c1ccc(-c2sc3ccccc3c2N2c3ccccc3B3c4ccccc4-c4cccc2c43)cc1. The maximum atomic E-state index is 2.54. The van der Waals surface area contributed by atoms with E-state index in [1.807, 2.05) is 11.3 Å². The van der Waals surface area contributed by atoms with Crippen molar-refractivity contribution < 1.29 is 0 Å². The van der Waals surface area contributed by atoms with Gasteiger partial charge in [0.2, 0.25) is 6.71 Å². The summed E-state index contributed by atoms with van der Waals surface area (Å²) in [6, 6.07) is 44.5. The first-order valence-electron chi connectivity index (χ1n) is 12.1. The number of anilines is 3. The number of para-hydroxylation sites is 1. The highest BCUT2D eigenvalue weighted by Gasteiger charge is 2.42. The molecule has 0 fully saturated rings. The van der Waals surface area contributed by atoms with Crippen molar-refractivity contribution in [2.75, 3.05) is 4.90 Å². The van der Waals surface area contributed by atoms with Crippen molar-refractivity contribution in [1.82, 2.24) is 0 Å². The first-order valence-corrected chi connectivity index (χ1v) is 12.9. The molecule has 0 atom stereocenters. The Morgan fingerprint density at radius 2 is 1.23 bits per heavy atom. The number of benzene rings is 5. The van der Waals surface area contributed by atoms with Gasteiger partial charge in [-0.25, -0.2) is 0 Å². The molecule has 0 saturated heterocycles. The summed E-state index contributed by atoms with van der Waals surface area (Å²) < 4.78 is 1.32. The standard InChI is InChI=1S/C32H20BNS/c1-2-11-21(12-3-1)32-31(24-14-5-9-20-29(24)35-32)34-27-18-8-7-17-26(27)33-25-16-6-4-13-22(25)23-15-10-19-28(34)30(23)33/h1-20H. The third kappa shape index (κ3) is 2.59. The molecule has 0 bridgehead atoms. The molecule has 3 heterocycles. The van der Waals surface area contributed by atoms with Crippen molar-refractivity contribution in [1.29, 1.82) is 0 Å². The van der Waals surface area contributed by atoms with E-state index in [2.05, 4.69) is 126 Å². The molecule has 0 N–H and O–H groups in total. The fraction of sp³-hybridized carbons (Fsp3) is 0. The van der Waals surface area contributed by atoms with Gasteiger partial charge in [0.25, 0.3) is 0 Å². The average Bonchev–Trinajstić information content (AvgIpc) is 3.47. The molecule has 8 rings (SSSR count). The summed E-state index contributed by atoms with van der Waals surface area (Å²) in [7, 11) is 0.